The highest BCUT2D eigenvalue weighted by Gasteiger charge is 2.39. The van der Waals surface area contributed by atoms with Crippen LogP contribution in [0.15, 0.2) is 53.8 Å². The summed E-state index contributed by atoms with van der Waals surface area (Å²) in [5, 5.41) is 11.1. The van der Waals surface area contributed by atoms with Gasteiger partial charge in [0.05, 0.1) is 24.0 Å². The molecule has 1 aromatic heterocycles. The van der Waals surface area contributed by atoms with E-state index in [1.807, 2.05) is 24.4 Å². The fraction of sp³-hybridized carbons (Fsp3) is 0.467. The number of methoxy groups -OCH3 is 1. The highest BCUT2D eigenvalue weighted by molar-refractivity contribution is 7.99. The van der Waals surface area contributed by atoms with Crippen LogP contribution in [0.5, 0.6) is 5.75 Å². The Morgan fingerprint density at radius 3 is 2.49 bits per heavy atom. The molecule has 1 aliphatic rings. The van der Waals surface area contributed by atoms with E-state index in [1.165, 1.54) is 12.1 Å². The van der Waals surface area contributed by atoms with Crippen LogP contribution in [0.3, 0.4) is 0 Å². The number of likely N-dealkylation sites (tertiary alicyclic amines) is 1. The van der Waals surface area contributed by atoms with E-state index in [0.29, 0.717) is 23.2 Å². The van der Waals surface area contributed by atoms with Crippen molar-refractivity contribution in [2.75, 3.05) is 19.4 Å². The molecule has 1 fully saturated rings. The Balaban J connectivity index is 1.66. The van der Waals surface area contributed by atoms with Crippen LogP contribution in [0.2, 0.25) is 5.02 Å². The molecule has 0 spiro atoms. The topological polar surface area (TPSA) is 67.6 Å². The van der Waals surface area contributed by atoms with Gasteiger partial charge in [0.25, 0.3) is 0 Å². The first-order chi connectivity index (χ1) is 18.3. The van der Waals surface area contributed by atoms with Crippen LogP contribution in [-0.4, -0.2) is 51.1 Å². The second-order valence-electron chi connectivity index (χ2n) is 11.8. The van der Waals surface area contributed by atoms with E-state index in [0.717, 1.165) is 40.7 Å². The largest absolute Gasteiger partial charge is 0.495 e. The van der Waals surface area contributed by atoms with Gasteiger partial charge in [-0.25, -0.2) is 14.2 Å². The SMILES string of the molecule is COc1cc(C(C)(C)c2cnc(SCC3CCN(C(=O)O)C(C(C)(C)C)C3)n2-c2ccc(F)cc2)ccc1Cl. The van der Waals surface area contributed by atoms with Crippen LogP contribution in [0.25, 0.3) is 5.69 Å². The zero-order valence-corrected chi connectivity index (χ0v) is 24.9. The number of thioether (sulfide) groups is 1. The summed E-state index contributed by atoms with van der Waals surface area (Å²) < 4.78 is 21.4. The summed E-state index contributed by atoms with van der Waals surface area (Å²) in [4.78, 5) is 18.3. The molecule has 4 rings (SSSR count). The van der Waals surface area contributed by atoms with Crippen LogP contribution < -0.4 is 4.74 Å². The molecule has 0 bridgehead atoms. The zero-order chi connectivity index (χ0) is 28.5. The van der Waals surface area contributed by atoms with Crippen LogP contribution in [0, 0.1) is 17.2 Å². The lowest BCUT2D eigenvalue weighted by Gasteiger charge is -2.44. The number of hydrogen-bond donors (Lipinski definition) is 1. The molecule has 39 heavy (non-hydrogen) atoms. The normalized spacial score (nSPS) is 18.3. The average molecular weight is 574 g/mol. The molecule has 1 aliphatic heterocycles. The van der Waals surface area contributed by atoms with E-state index < -0.39 is 11.5 Å². The van der Waals surface area contributed by atoms with E-state index in [-0.39, 0.29) is 17.3 Å². The molecule has 3 aromatic rings. The molecular formula is C30H37ClFN3O3S. The smallest absolute Gasteiger partial charge is 0.407 e. The lowest BCUT2D eigenvalue weighted by atomic mass is 9.77. The Labute approximate surface area is 239 Å². The zero-order valence-electron chi connectivity index (χ0n) is 23.4. The number of hydrogen-bond acceptors (Lipinski definition) is 4. The monoisotopic (exact) mass is 573 g/mol. The van der Waals surface area contributed by atoms with Crippen molar-refractivity contribution in [3.05, 3.63) is 70.8 Å². The van der Waals surface area contributed by atoms with Gasteiger partial charge in [0.1, 0.15) is 11.6 Å². The third-order valence-electron chi connectivity index (χ3n) is 7.73. The minimum atomic E-state index is -0.849. The maximum Gasteiger partial charge on any atom is 0.407 e. The van der Waals surface area contributed by atoms with E-state index in [1.54, 1.807) is 35.9 Å². The van der Waals surface area contributed by atoms with Crippen molar-refractivity contribution in [2.45, 2.75) is 64.1 Å². The van der Waals surface area contributed by atoms with Gasteiger partial charge in [-0.05, 0) is 66.1 Å². The Hall–Kier alpha value is -2.71. The van der Waals surface area contributed by atoms with Crippen molar-refractivity contribution in [3.8, 4) is 11.4 Å². The predicted octanol–water partition coefficient (Wildman–Crippen LogP) is 7.90. The van der Waals surface area contributed by atoms with E-state index in [4.69, 9.17) is 21.3 Å². The summed E-state index contributed by atoms with van der Waals surface area (Å²) in [6.45, 7) is 11.1. The van der Waals surface area contributed by atoms with Crippen LogP contribution in [0.1, 0.15) is 58.7 Å². The number of imidazole rings is 1. The number of amides is 1. The Bertz CT molecular complexity index is 1320. The fourth-order valence-corrected chi connectivity index (χ4v) is 6.69. The number of rotatable bonds is 7. The average Bonchev–Trinajstić information content (AvgIpc) is 3.32. The molecule has 1 saturated heterocycles. The van der Waals surface area contributed by atoms with Gasteiger partial charge in [-0.1, -0.05) is 64.0 Å². The molecule has 1 amide bonds. The Morgan fingerprint density at radius 1 is 1.18 bits per heavy atom. The van der Waals surface area contributed by atoms with E-state index >= 15 is 0 Å². The summed E-state index contributed by atoms with van der Waals surface area (Å²) >= 11 is 7.96. The van der Waals surface area contributed by atoms with Gasteiger partial charge in [0.2, 0.25) is 0 Å². The first kappa shape index (κ1) is 29.3. The van der Waals surface area contributed by atoms with Crippen molar-refractivity contribution in [3.63, 3.8) is 0 Å². The fourth-order valence-electron chi connectivity index (χ4n) is 5.35. The van der Waals surface area contributed by atoms with Gasteiger partial charge in [-0.2, -0.15) is 0 Å². The van der Waals surface area contributed by atoms with Gasteiger partial charge >= 0.3 is 6.09 Å². The molecule has 2 aromatic carbocycles. The lowest BCUT2D eigenvalue weighted by molar-refractivity contribution is 0.0446. The number of benzene rings is 2. The quantitative estimate of drug-likeness (QED) is 0.291. The number of ether oxygens (including phenoxy) is 1. The lowest BCUT2D eigenvalue weighted by Crippen LogP contribution is -2.51. The molecule has 1 N–H and O–H groups in total. The van der Waals surface area contributed by atoms with Gasteiger partial charge in [-0.3, -0.25) is 4.57 Å². The van der Waals surface area contributed by atoms with Crippen molar-refractivity contribution in [1.29, 1.82) is 0 Å². The number of nitrogens with zero attached hydrogens (tertiary/aromatic N) is 3. The molecule has 210 valence electrons. The van der Waals surface area contributed by atoms with Crippen molar-refractivity contribution < 1.29 is 19.0 Å². The van der Waals surface area contributed by atoms with Crippen molar-refractivity contribution >= 4 is 29.5 Å². The van der Waals surface area contributed by atoms with Gasteiger partial charge < -0.3 is 14.7 Å². The predicted molar refractivity (Wildman–Crippen MR) is 155 cm³/mol. The molecular weight excluding hydrogens is 537 g/mol. The first-order valence-corrected chi connectivity index (χ1v) is 14.5. The molecule has 0 aliphatic carbocycles. The molecule has 2 heterocycles. The first-order valence-electron chi connectivity index (χ1n) is 13.1. The maximum absolute atomic E-state index is 13.9. The van der Waals surface area contributed by atoms with Gasteiger partial charge in [-0.15, -0.1) is 0 Å². The highest BCUT2D eigenvalue weighted by atomic mass is 35.5. The standard InChI is InChI=1S/C30H37ClFN3O3S/c1-29(2,3)25-15-19(13-14-34(25)28(36)37)18-39-27-33-17-26(35(27)22-10-8-21(32)9-11-22)30(4,5)20-7-12-23(31)24(16-20)38-6/h7-12,16-17,19,25H,13-15,18H2,1-6H3,(H,36,37). The third-order valence-corrected chi connectivity index (χ3v) is 9.23. The summed E-state index contributed by atoms with van der Waals surface area (Å²) in [7, 11) is 1.60. The number of halogens is 2. The van der Waals surface area contributed by atoms with Gasteiger partial charge in [0.15, 0.2) is 5.16 Å². The molecule has 9 heteroatoms. The molecule has 0 saturated carbocycles. The Morgan fingerprint density at radius 2 is 1.87 bits per heavy atom. The molecule has 6 nitrogen and oxygen atoms in total. The number of piperidine rings is 1. The minimum Gasteiger partial charge on any atom is -0.495 e. The maximum atomic E-state index is 13.9. The second-order valence-corrected chi connectivity index (χ2v) is 13.2. The number of carboxylic acid groups (broad SMARTS) is 1. The number of carbonyl (C=O) groups is 1. The molecule has 0 radical (unpaired) electrons. The molecule has 2 unspecified atom stereocenters. The summed E-state index contributed by atoms with van der Waals surface area (Å²) in [5.41, 5.74) is 2.17. The third kappa shape index (κ3) is 6.22. The summed E-state index contributed by atoms with van der Waals surface area (Å²) in [5.74, 6) is 1.47. The van der Waals surface area contributed by atoms with E-state index in [9.17, 15) is 14.3 Å². The van der Waals surface area contributed by atoms with Crippen molar-refractivity contribution in [1.82, 2.24) is 14.5 Å². The minimum absolute atomic E-state index is 0.0411. The number of aromatic nitrogens is 2. The second kappa shape index (κ2) is 11.4. The van der Waals surface area contributed by atoms with E-state index in [2.05, 4.69) is 39.2 Å². The molecule has 2 atom stereocenters. The van der Waals surface area contributed by atoms with Crippen LogP contribution in [-0.2, 0) is 5.41 Å². The van der Waals surface area contributed by atoms with Crippen LogP contribution in [0.4, 0.5) is 9.18 Å². The summed E-state index contributed by atoms with van der Waals surface area (Å²) in [6.07, 6.45) is 2.66. The Kier molecular flexibility index (Phi) is 8.57. The van der Waals surface area contributed by atoms with Crippen molar-refractivity contribution in [2.24, 2.45) is 11.3 Å². The highest BCUT2D eigenvalue weighted by Crippen LogP contribution is 2.40. The van der Waals surface area contributed by atoms with Crippen LogP contribution >= 0.6 is 23.4 Å². The van der Waals surface area contributed by atoms with Gasteiger partial charge in [0, 0.05) is 29.4 Å². The summed E-state index contributed by atoms with van der Waals surface area (Å²) in [6, 6.07) is 12.2.